The largest absolute Gasteiger partial charge is 0.439 e. The van der Waals surface area contributed by atoms with Gasteiger partial charge in [-0.3, -0.25) is 9.11 Å². The van der Waals surface area contributed by atoms with Gasteiger partial charge < -0.3 is 14.1 Å². The predicted molar refractivity (Wildman–Crippen MR) is 185 cm³/mol. The number of halogens is 1. The fourth-order valence-corrected chi connectivity index (χ4v) is 7.72. The van der Waals surface area contributed by atoms with E-state index in [0.717, 1.165) is 26.9 Å². The molecule has 6 rings (SSSR count). The van der Waals surface area contributed by atoms with E-state index in [2.05, 4.69) is 18.2 Å². The van der Waals surface area contributed by atoms with Crippen LogP contribution in [-0.2, 0) is 26.8 Å². The minimum atomic E-state index is -4.16. The predicted octanol–water partition coefficient (Wildman–Crippen LogP) is 7.35. The third-order valence-electron chi connectivity index (χ3n) is 7.73. The van der Waals surface area contributed by atoms with Crippen molar-refractivity contribution < 1.29 is 39.7 Å². The number of thiophene rings is 1. The number of ether oxygens (including phenoxy) is 1. The standard InChI is InChI=1S/C33H31ClN2O8S3/c1-2-22(18-33-36(14-6-16-47(40,41)42)27-21-25(34)10-12-29(27)44-33)17-32-35(13-5-15-46(37,38)39)26-19-24(9-11-28(26)43-32)31-20-23-7-3-4-8-30(23)45-31/h3-4,7-12,17-21H,2,5-6,13-16H2,1H3,(H-,37,38,39,40,41,42)/p+1. The molecule has 14 heteroatoms. The lowest BCUT2D eigenvalue weighted by Gasteiger charge is -2.18. The van der Waals surface area contributed by atoms with Crippen molar-refractivity contribution in [3.05, 3.63) is 95.2 Å². The molecule has 0 saturated carbocycles. The SMILES string of the molecule is CCC(/C=C1\Oc2ccc(Cl)cc2N1CCCS(=O)(=O)O)=C\c1oc2ccc(-c3cc4ccccc4s3)cc2[n+]1CCCS(=O)(=O)O. The summed E-state index contributed by atoms with van der Waals surface area (Å²) in [6.45, 7) is 2.48. The topological polar surface area (TPSA) is 138 Å². The van der Waals surface area contributed by atoms with Crippen molar-refractivity contribution in [2.24, 2.45) is 0 Å². The van der Waals surface area contributed by atoms with Gasteiger partial charge in [0.25, 0.3) is 25.8 Å². The normalized spacial score (nSPS) is 14.8. The zero-order chi connectivity index (χ0) is 33.3. The Bertz CT molecular complexity index is 2220. The highest BCUT2D eigenvalue weighted by atomic mass is 35.5. The van der Waals surface area contributed by atoms with Gasteiger partial charge >= 0.3 is 5.89 Å². The van der Waals surface area contributed by atoms with Crippen molar-refractivity contribution in [2.45, 2.75) is 32.7 Å². The quantitative estimate of drug-likeness (QED) is 0.100. The van der Waals surface area contributed by atoms with Crippen molar-refractivity contribution in [1.29, 1.82) is 0 Å². The fraction of sp³-hybridized carbons (Fsp3) is 0.242. The van der Waals surface area contributed by atoms with Gasteiger partial charge in [0.1, 0.15) is 0 Å². The monoisotopic (exact) mass is 715 g/mol. The minimum Gasteiger partial charge on any atom is -0.439 e. The number of benzene rings is 3. The third kappa shape index (κ3) is 7.88. The van der Waals surface area contributed by atoms with Gasteiger partial charge in [-0.25, -0.2) is 0 Å². The summed E-state index contributed by atoms with van der Waals surface area (Å²) in [4.78, 5) is 2.90. The first-order valence-corrected chi connectivity index (χ1v) is 19.3. The molecule has 0 saturated heterocycles. The van der Waals surface area contributed by atoms with Gasteiger partial charge in [0.15, 0.2) is 12.3 Å². The summed E-state index contributed by atoms with van der Waals surface area (Å²) in [6, 6.07) is 21.4. The molecular weight excluding hydrogens is 684 g/mol. The maximum Gasteiger partial charge on any atom is 0.374 e. The van der Waals surface area contributed by atoms with E-state index < -0.39 is 31.7 Å². The highest BCUT2D eigenvalue weighted by molar-refractivity contribution is 7.86. The zero-order valence-electron chi connectivity index (χ0n) is 25.3. The van der Waals surface area contributed by atoms with Gasteiger partial charge in [-0.05, 0) is 71.8 Å². The number of rotatable bonds is 12. The highest BCUT2D eigenvalue weighted by Gasteiger charge is 2.28. The Morgan fingerprint density at radius 2 is 1.74 bits per heavy atom. The number of aromatic nitrogens is 1. The summed E-state index contributed by atoms with van der Waals surface area (Å²) in [6.07, 6.45) is 4.57. The van der Waals surface area contributed by atoms with Crippen LogP contribution in [0.15, 0.2) is 88.7 Å². The van der Waals surface area contributed by atoms with Crippen LogP contribution in [0, 0.1) is 0 Å². The first-order valence-electron chi connectivity index (χ1n) is 14.9. The summed E-state index contributed by atoms with van der Waals surface area (Å²) < 4.78 is 80.1. The Kier molecular flexibility index (Phi) is 9.47. The number of aryl methyl sites for hydroxylation is 1. The van der Waals surface area contributed by atoms with Gasteiger partial charge in [0.05, 0.1) is 23.3 Å². The van der Waals surface area contributed by atoms with Crippen molar-refractivity contribution in [3.8, 4) is 16.2 Å². The molecule has 2 aromatic heterocycles. The van der Waals surface area contributed by atoms with Gasteiger partial charge in [-0.1, -0.05) is 36.7 Å². The number of allylic oxidation sites excluding steroid dienone is 2. The molecule has 0 atom stereocenters. The van der Waals surface area contributed by atoms with E-state index in [0.29, 0.717) is 40.2 Å². The number of fused-ring (bicyclic) bond motifs is 3. The van der Waals surface area contributed by atoms with E-state index >= 15 is 0 Å². The van der Waals surface area contributed by atoms with Crippen LogP contribution in [0.2, 0.25) is 5.02 Å². The molecule has 0 bridgehead atoms. The number of oxazole rings is 1. The molecule has 47 heavy (non-hydrogen) atoms. The lowest BCUT2D eigenvalue weighted by molar-refractivity contribution is -0.677. The van der Waals surface area contributed by atoms with Crippen LogP contribution >= 0.6 is 22.9 Å². The minimum absolute atomic E-state index is 0.149. The summed E-state index contributed by atoms with van der Waals surface area (Å²) >= 11 is 7.94. The lowest BCUT2D eigenvalue weighted by Crippen LogP contribution is -2.36. The highest BCUT2D eigenvalue weighted by Crippen LogP contribution is 2.41. The van der Waals surface area contributed by atoms with Crippen LogP contribution in [0.25, 0.3) is 37.7 Å². The molecule has 246 valence electrons. The van der Waals surface area contributed by atoms with Crippen LogP contribution in [0.5, 0.6) is 5.75 Å². The summed E-state index contributed by atoms with van der Waals surface area (Å²) in [7, 11) is -8.30. The molecule has 3 heterocycles. The second-order valence-electron chi connectivity index (χ2n) is 11.1. The molecule has 1 aliphatic rings. The summed E-state index contributed by atoms with van der Waals surface area (Å²) in [5, 5.41) is 1.64. The number of hydrogen-bond acceptors (Lipinski definition) is 8. The molecule has 2 N–H and O–H groups in total. The molecule has 0 aliphatic carbocycles. The number of hydrogen-bond donors (Lipinski definition) is 2. The molecular formula is C33H32ClN2O8S3+. The van der Waals surface area contributed by atoms with E-state index in [1.54, 1.807) is 29.5 Å². The van der Waals surface area contributed by atoms with Crippen LogP contribution < -0.4 is 14.2 Å². The molecule has 0 amide bonds. The average Bonchev–Trinajstić information content (AvgIpc) is 3.69. The van der Waals surface area contributed by atoms with Gasteiger partial charge in [-0.15, -0.1) is 11.3 Å². The smallest absolute Gasteiger partial charge is 0.374 e. The average molecular weight is 716 g/mol. The van der Waals surface area contributed by atoms with Crippen LogP contribution in [0.1, 0.15) is 32.1 Å². The Balaban J connectivity index is 1.39. The Morgan fingerprint density at radius 1 is 0.979 bits per heavy atom. The first kappa shape index (κ1) is 33.2. The van der Waals surface area contributed by atoms with E-state index in [-0.39, 0.29) is 25.9 Å². The van der Waals surface area contributed by atoms with Crippen molar-refractivity contribution in [3.63, 3.8) is 0 Å². The Labute approximate surface area is 281 Å². The molecule has 10 nitrogen and oxygen atoms in total. The van der Waals surface area contributed by atoms with Crippen LogP contribution in [0.3, 0.4) is 0 Å². The Morgan fingerprint density at radius 3 is 2.49 bits per heavy atom. The van der Waals surface area contributed by atoms with Crippen molar-refractivity contribution in [2.75, 3.05) is 23.0 Å². The molecule has 5 aromatic rings. The van der Waals surface area contributed by atoms with Crippen molar-refractivity contribution >= 4 is 76.1 Å². The second-order valence-corrected chi connectivity index (χ2v) is 15.8. The van der Waals surface area contributed by atoms with E-state index in [1.807, 2.05) is 58.9 Å². The summed E-state index contributed by atoms with van der Waals surface area (Å²) in [5.41, 5.74) is 3.86. The number of anilines is 1. The summed E-state index contributed by atoms with van der Waals surface area (Å²) in [5.74, 6) is 0.681. The first-order chi connectivity index (χ1) is 22.4. The van der Waals surface area contributed by atoms with E-state index in [1.165, 1.54) is 4.70 Å². The third-order valence-corrected chi connectivity index (χ3v) is 10.7. The van der Waals surface area contributed by atoms with Crippen LogP contribution in [0.4, 0.5) is 5.69 Å². The second kappa shape index (κ2) is 13.4. The van der Waals surface area contributed by atoms with Crippen LogP contribution in [-0.4, -0.2) is 44.0 Å². The van der Waals surface area contributed by atoms with E-state index in [9.17, 15) is 25.9 Å². The van der Waals surface area contributed by atoms with Gasteiger partial charge in [0, 0.05) is 39.7 Å². The Hall–Kier alpha value is -3.72. The lowest BCUT2D eigenvalue weighted by atomic mass is 10.1. The van der Waals surface area contributed by atoms with Gasteiger partial charge in [0.2, 0.25) is 11.5 Å². The zero-order valence-corrected chi connectivity index (χ0v) is 28.5. The fourth-order valence-electron chi connectivity index (χ4n) is 5.50. The molecule has 0 spiro atoms. The van der Waals surface area contributed by atoms with Gasteiger partial charge in [-0.2, -0.15) is 21.4 Å². The molecule has 3 aromatic carbocycles. The van der Waals surface area contributed by atoms with Crippen molar-refractivity contribution in [1.82, 2.24) is 0 Å². The molecule has 0 fully saturated rings. The maximum atomic E-state index is 11.6. The molecule has 1 aliphatic heterocycles. The van der Waals surface area contributed by atoms with E-state index in [4.69, 9.17) is 20.8 Å². The maximum absolute atomic E-state index is 11.6. The number of nitrogens with zero attached hydrogens (tertiary/aromatic N) is 2. The molecule has 0 radical (unpaired) electrons. The molecule has 0 unspecified atom stereocenters.